The van der Waals surface area contributed by atoms with Crippen LogP contribution in [0.15, 0.2) is 24.3 Å². The molecule has 0 bridgehead atoms. The number of rotatable bonds is 51. The summed E-state index contributed by atoms with van der Waals surface area (Å²) in [5, 5.41) is 13.8. The molecule has 0 saturated heterocycles. The lowest BCUT2D eigenvalue weighted by Crippen LogP contribution is -2.45. The third-order valence-corrected chi connectivity index (χ3v) is 13.7. The summed E-state index contributed by atoms with van der Waals surface area (Å²) in [7, 11) is 1.56. The van der Waals surface area contributed by atoms with Crippen molar-refractivity contribution in [3.8, 4) is 0 Å². The summed E-state index contributed by atoms with van der Waals surface area (Å²) >= 11 is 0. The van der Waals surface area contributed by atoms with Crippen molar-refractivity contribution in [2.24, 2.45) is 0 Å². The van der Waals surface area contributed by atoms with Gasteiger partial charge in [0.2, 0.25) is 5.91 Å². The van der Waals surface area contributed by atoms with Gasteiger partial charge in [0.1, 0.15) is 13.2 Å². The molecule has 64 heavy (non-hydrogen) atoms. The van der Waals surface area contributed by atoms with E-state index in [9.17, 15) is 19.4 Å². The number of carbonyl (C=O) groups excluding carboxylic acids is 1. The molecule has 0 aromatic heterocycles. The zero-order valence-electron chi connectivity index (χ0n) is 43.3. The molecular weight excluding hydrogens is 816 g/mol. The second-order valence-electron chi connectivity index (χ2n) is 20.3. The summed E-state index contributed by atoms with van der Waals surface area (Å²) in [5.41, 5.74) is 0. The summed E-state index contributed by atoms with van der Waals surface area (Å²) in [6.07, 6.45) is 58.8. The van der Waals surface area contributed by atoms with Gasteiger partial charge in [-0.1, -0.05) is 256 Å². The number of amides is 1. The Balaban J connectivity index is 4.04. The zero-order valence-corrected chi connectivity index (χ0v) is 44.2. The van der Waals surface area contributed by atoms with Gasteiger partial charge in [0.05, 0.1) is 39.9 Å². The molecule has 0 saturated carbocycles. The lowest BCUT2D eigenvalue weighted by molar-refractivity contribution is -0.870. The molecule has 1 amide bonds. The monoisotopic (exact) mass is 926 g/mol. The molecule has 0 aliphatic rings. The Morgan fingerprint density at radius 2 is 0.859 bits per heavy atom. The summed E-state index contributed by atoms with van der Waals surface area (Å²) < 4.78 is 23.6. The largest absolute Gasteiger partial charge is 0.472 e. The van der Waals surface area contributed by atoms with Crippen molar-refractivity contribution in [3.63, 3.8) is 0 Å². The van der Waals surface area contributed by atoms with Crippen molar-refractivity contribution in [2.75, 3.05) is 40.9 Å². The van der Waals surface area contributed by atoms with Gasteiger partial charge in [0, 0.05) is 6.42 Å². The van der Waals surface area contributed by atoms with Crippen LogP contribution >= 0.6 is 7.82 Å². The van der Waals surface area contributed by atoms with Gasteiger partial charge in [0.25, 0.3) is 0 Å². The maximum Gasteiger partial charge on any atom is 0.472 e. The van der Waals surface area contributed by atoms with E-state index in [1.165, 1.54) is 212 Å². The SMILES string of the molecule is CCCCCCCCCCCCCCCCCCCCCCCCCCCC/C=C/CC/C=C/C(O)C(COP(=O)(O)OCC[N+](C)(C)C)NC(=O)CCCCCCCCCCCC. The van der Waals surface area contributed by atoms with Crippen molar-refractivity contribution in [1.29, 1.82) is 0 Å². The molecule has 0 radical (unpaired) electrons. The summed E-state index contributed by atoms with van der Waals surface area (Å²) in [4.78, 5) is 23.1. The van der Waals surface area contributed by atoms with Gasteiger partial charge in [-0.05, 0) is 32.1 Å². The first-order valence-corrected chi connectivity index (χ1v) is 29.2. The number of nitrogens with zero attached hydrogens (tertiary/aromatic N) is 1. The van der Waals surface area contributed by atoms with E-state index in [4.69, 9.17) is 9.05 Å². The molecule has 3 atom stereocenters. The molecule has 0 spiro atoms. The highest BCUT2D eigenvalue weighted by atomic mass is 31.2. The first-order chi connectivity index (χ1) is 31.0. The summed E-state index contributed by atoms with van der Waals surface area (Å²) in [6.45, 7) is 4.80. The Labute approximate surface area is 398 Å². The van der Waals surface area contributed by atoms with Crippen LogP contribution in [-0.4, -0.2) is 73.4 Å². The highest BCUT2D eigenvalue weighted by molar-refractivity contribution is 7.47. The molecule has 3 N–H and O–H groups in total. The van der Waals surface area contributed by atoms with Crippen molar-refractivity contribution in [3.05, 3.63) is 24.3 Å². The van der Waals surface area contributed by atoms with Crippen molar-refractivity contribution >= 4 is 13.7 Å². The van der Waals surface area contributed by atoms with E-state index in [-0.39, 0.29) is 19.1 Å². The highest BCUT2D eigenvalue weighted by Crippen LogP contribution is 2.43. The minimum Gasteiger partial charge on any atom is -0.387 e. The van der Waals surface area contributed by atoms with E-state index >= 15 is 0 Å². The fraction of sp³-hybridized carbons (Fsp3) is 0.909. The number of unbranched alkanes of at least 4 members (excludes halogenated alkanes) is 36. The minimum atomic E-state index is -4.34. The van der Waals surface area contributed by atoms with Crippen LogP contribution in [0.4, 0.5) is 0 Å². The molecule has 3 unspecified atom stereocenters. The van der Waals surface area contributed by atoms with E-state index in [0.29, 0.717) is 17.4 Å². The molecule has 0 heterocycles. The number of nitrogens with one attached hydrogen (secondary N) is 1. The van der Waals surface area contributed by atoms with E-state index in [2.05, 4.69) is 31.3 Å². The number of carbonyl (C=O) groups is 1. The molecule has 0 rings (SSSR count). The Kier molecular flexibility index (Phi) is 46.3. The number of aliphatic hydroxyl groups is 1. The predicted octanol–water partition coefficient (Wildman–Crippen LogP) is 16.4. The van der Waals surface area contributed by atoms with Crippen LogP contribution in [0.1, 0.15) is 271 Å². The van der Waals surface area contributed by atoms with E-state index < -0.39 is 20.0 Å². The van der Waals surface area contributed by atoms with Crippen molar-refractivity contribution < 1.29 is 32.9 Å². The highest BCUT2D eigenvalue weighted by Gasteiger charge is 2.27. The van der Waals surface area contributed by atoms with E-state index in [1.54, 1.807) is 6.08 Å². The Morgan fingerprint density at radius 3 is 1.25 bits per heavy atom. The minimum absolute atomic E-state index is 0.0583. The van der Waals surface area contributed by atoms with Gasteiger partial charge >= 0.3 is 7.82 Å². The number of likely N-dealkylation sites (N-methyl/N-ethyl adjacent to an activating group) is 1. The maximum atomic E-state index is 12.8. The third kappa shape index (κ3) is 48.9. The zero-order chi connectivity index (χ0) is 47.1. The van der Waals surface area contributed by atoms with Crippen molar-refractivity contribution in [1.82, 2.24) is 5.32 Å². The summed E-state index contributed by atoms with van der Waals surface area (Å²) in [5.74, 6) is -0.187. The second kappa shape index (κ2) is 47.1. The van der Waals surface area contributed by atoms with Gasteiger partial charge in [-0.15, -0.1) is 0 Å². The molecule has 0 aromatic rings. The van der Waals surface area contributed by atoms with Gasteiger partial charge in [-0.3, -0.25) is 13.8 Å². The first-order valence-electron chi connectivity index (χ1n) is 27.7. The second-order valence-corrected chi connectivity index (χ2v) is 21.8. The quantitative estimate of drug-likeness (QED) is 0.0243. The van der Waals surface area contributed by atoms with Crippen LogP contribution in [0, 0.1) is 0 Å². The molecule has 0 fully saturated rings. The van der Waals surface area contributed by atoms with E-state index in [0.717, 1.165) is 38.5 Å². The molecule has 9 heteroatoms. The third-order valence-electron chi connectivity index (χ3n) is 12.7. The van der Waals surface area contributed by atoms with Crippen LogP contribution in [-0.2, 0) is 18.4 Å². The number of allylic oxidation sites excluding steroid dienone is 3. The first kappa shape index (κ1) is 63.0. The topological polar surface area (TPSA) is 105 Å². The van der Waals surface area contributed by atoms with Crippen LogP contribution < -0.4 is 5.32 Å². The fourth-order valence-corrected chi connectivity index (χ4v) is 9.03. The number of quaternary nitrogens is 1. The Hall–Kier alpha value is -1.02. The molecule has 8 nitrogen and oxygen atoms in total. The van der Waals surface area contributed by atoms with Gasteiger partial charge in [0.15, 0.2) is 0 Å². The number of hydrogen-bond donors (Lipinski definition) is 3. The lowest BCUT2D eigenvalue weighted by Gasteiger charge is -2.25. The fourth-order valence-electron chi connectivity index (χ4n) is 8.30. The number of hydrogen-bond acceptors (Lipinski definition) is 5. The average Bonchev–Trinajstić information content (AvgIpc) is 3.25. The van der Waals surface area contributed by atoms with Crippen LogP contribution in [0.3, 0.4) is 0 Å². The number of phosphoric acid groups is 1. The number of aliphatic hydroxyl groups excluding tert-OH is 1. The van der Waals surface area contributed by atoms with Crippen LogP contribution in [0.5, 0.6) is 0 Å². The molecule has 0 aliphatic carbocycles. The average molecular weight is 926 g/mol. The van der Waals surface area contributed by atoms with Crippen LogP contribution in [0.2, 0.25) is 0 Å². The van der Waals surface area contributed by atoms with Crippen LogP contribution in [0.25, 0.3) is 0 Å². The smallest absolute Gasteiger partial charge is 0.387 e. The summed E-state index contributed by atoms with van der Waals surface area (Å²) in [6, 6.07) is -0.858. The van der Waals surface area contributed by atoms with E-state index in [1.807, 2.05) is 27.2 Å². The van der Waals surface area contributed by atoms with Gasteiger partial charge < -0.3 is 19.8 Å². The lowest BCUT2D eigenvalue weighted by atomic mass is 10.0. The Bertz CT molecular complexity index is 1090. The molecule has 0 aliphatic heterocycles. The maximum absolute atomic E-state index is 12.8. The molecule has 0 aromatic carbocycles. The van der Waals surface area contributed by atoms with Crippen molar-refractivity contribution in [2.45, 2.75) is 283 Å². The van der Waals surface area contributed by atoms with Gasteiger partial charge in [-0.2, -0.15) is 0 Å². The Morgan fingerprint density at radius 1 is 0.516 bits per heavy atom. The molecule has 380 valence electrons. The standard InChI is InChI=1S/C55H109N2O6P/c1-6-8-10-12-14-16-18-19-20-21-22-23-24-25-26-27-28-29-30-31-32-33-34-35-36-37-38-39-40-42-44-46-48-54(58)53(52-63-64(60,61)62-51-50-57(3,4)5)56-55(59)49-47-45-43-41-17-15-13-11-9-7-2/h39-40,46,48,53-54,58H,6-38,41-45,47,49-52H2,1-5H3,(H-,56,59,60,61)/p+1/b40-39+,48-46+. The normalized spacial score (nSPS) is 14.2. The predicted molar refractivity (Wildman–Crippen MR) is 277 cm³/mol. The van der Waals surface area contributed by atoms with Gasteiger partial charge in [-0.25, -0.2) is 4.57 Å². The molecular formula is C55H110N2O6P+. The number of phosphoric ester groups is 1.